The largest absolute Gasteiger partial charge is 0.422 e. The van der Waals surface area contributed by atoms with Crippen LogP contribution in [0.5, 0.6) is 5.75 Å². The lowest BCUT2D eigenvalue weighted by Crippen LogP contribution is -2.17. The minimum Gasteiger partial charge on any atom is -0.422 e. The summed E-state index contributed by atoms with van der Waals surface area (Å²) in [7, 11) is 0. The zero-order valence-electron chi connectivity index (χ0n) is 25.5. The van der Waals surface area contributed by atoms with Crippen LogP contribution in [0.4, 0.5) is 0 Å². The van der Waals surface area contributed by atoms with Gasteiger partial charge in [-0.05, 0) is 41.5 Å². The Balaban J connectivity index is 1.38. The number of esters is 1. The van der Waals surface area contributed by atoms with Gasteiger partial charge in [-0.1, -0.05) is 150 Å². The highest BCUT2D eigenvalue weighted by Crippen LogP contribution is 2.29. The highest BCUT2D eigenvalue weighted by Gasteiger charge is 2.16. The number of halogens is 2. The van der Waals surface area contributed by atoms with Gasteiger partial charge in [0.2, 0.25) is 5.91 Å². The molecule has 0 unspecified atom stereocenters. The lowest BCUT2D eigenvalue weighted by atomic mass is 10.0. The zero-order chi connectivity index (χ0) is 30.7. The molecule has 0 aliphatic carbocycles. The minimum absolute atomic E-state index is 0.127. The van der Waals surface area contributed by atoms with Crippen LogP contribution in [0, 0.1) is 0 Å². The second kappa shape index (κ2) is 20.1. The van der Waals surface area contributed by atoms with Gasteiger partial charge in [0.15, 0.2) is 0 Å². The second-order valence-electron chi connectivity index (χ2n) is 11.2. The summed E-state index contributed by atoms with van der Waals surface area (Å²) in [5.41, 5.74) is 3.42. The van der Waals surface area contributed by atoms with Crippen molar-refractivity contribution in [3.05, 3.63) is 75.8 Å². The van der Waals surface area contributed by atoms with E-state index in [1.807, 2.05) is 30.3 Å². The van der Waals surface area contributed by atoms with Crippen LogP contribution < -0.4 is 10.2 Å². The number of fused-ring (bicyclic) bond motifs is 1. The van der Waals surface area contributed by atoms with E-state index < -0.39 is 5.97 Å². The Morgan fingerprint density at radius 1 is 0.767 bits per heavy atom. The van der Waals surface area contributed by atoms with Gasteiger partial charge in [0.25, 0.3) is 0 Å². The molecule has 3 rings (SSSR count). The number of ether oxygens (including phenoxy) is 1. The molecular weight excluding hydrogens is 579 g/mol. The molecular formula is C36H46Cl2N2O3. The molecule has 0 heterocycles. The average molecular weight is 626 g/mol. The summed E-state index contributed by atoms with van der Waals surface area (Å²) < 4.78 is 5.71. The molecule has 3 aromatic rings. The van der Waals surface area contributed by atoms with E-state index in [9.17, 15) is 9.59 Å². The molecule has 0 spiro atoms. The molecule has 0 saturated heterocycles. The Hall–Kier alpha value is -2.89. The molecule has 0 saturated carbocycles. The summed E-state index contributed by atoms with van der Waals surface area (Å²) in [6.07, 6.45) is 21.3. The fourth-order valence-corrected chi connectivity index (χ4v) is 5.67. The lowest BCUT2D eigenvalue weighted by Gasteiger charge is -2.11. The van der Waals surface area contributed by atoms with Gasteiger partial charge in [0.05, 0.1) is 16.8 Å². The highest BCUT2D eigenvalue weighted by atomic mass is 35.5. The van der Waals surface area contributed by atoms with Crippen molar-refractivity contribution in [2.75, 3.05) is 0 Å². The summed E-state index contributed by atoms with van der Waals surface area (Å²) >= 11 is 12.2. The SMILES string of the molecule is CCCCCCCCCCCCCCCCCC(=O)N/N=C/c1c(OC(=O)c2ccc(Cl)cc2Cl)ccc2ccccc12. The molecule has 0 radical (unpaired) electrons. The van der Waals surface area contributed by atoms with Crippen molar-refractivity contribution in [1.29, 1.82) is 0 Å². The Morgan fingerprint density at radius 3 is 2.00 bits per heavy atom. The maximum atomic E-state index is 12.9. The van der Waals surface area contributed by atoms with E-state index in [2.05, 4.69) is 17.5 Å². The Morgan fingerprint density at radius 2 is 1.37 bits per heavy atom. The first-order valence-electron chi connectivity index (χ1n) is 16.0. The quantitative estimate of drug-likeness (QED) is 0.0447. The van der Waals surface area contributed by atoms with E-state index in [0.29, 0.717) is 22.8 Å². The van der Waals surface area contributed by atoms with Gasteiger partial charge in [-0.25, -0.2) is 10.2 Å². The maximum absolute atomic E-state index is 12.9. The number of amides is 1. The van der Waals surface area contributed by atoms with E-state index in [-0.39, 0.29) is 16.5 Å². The highest BCUT2D eigenvalue weighted by molar-refractivity contribution is 6.36. The normalized spacial score (nSPS) is 11.3. The smallest absolute Gasteiger partial charge is 0.345 e. The lowest BCUT2D eigenvalue weighted by molar-refractivity contribution is -0.121. The number of benzene rings is 3. The third kappa shape index (κ3) is 12.7. The van der Waals surface area contributed by atoms with Gasteiger partial charge in [0.1, 0.15) is 5.75 Å². The van der Waals surface area contributed by atoms with E-state index in [4.69, 9.17) is 27.9 Å². The zero-order valence-corrected chi connectivity index (χ0v) is 27.0. The monoisotopic (exact) mass is 624 g/mol. The Labute approximate surface area is 267 Å². The van der Waals surface area contributed by atoms with Crippen LogP contribution in [0.15, 0.2) is 59.7 Å². The van der Waals surface area contributed by atoms with Crippen LogP contribution in [-0.4, -0.2) is 18.1 Å². The molecule has 0 atom stereocenters. The average Bonchev–Trinajstić information content (AvgIpc) is 3.00. The molecule has 5 nitrogen and oxygen atoms in total. The van der Waals surface area contributed by atoms with E-state index in [1.165, 1.54) is 95.4 Å². The summed E-state index contributed by atoms with van der Waals surface area (Å²) in [6.45, 7) is 2.27. The minimum atomic E-state index is -0.608. The van der Waals surface area contributed by atoms with Crippen molar-refractivity contribution in [1.82, 2.24) is 5.43 Å². The second-order valence-corrected chi connectivity index (χ2v) is 12.0. The van der Waals surface area contributed by atoms with Gasteiger partial charge >= 0.3 is 5.97 Å². The fraction of sp³-hybridized carbons (Fsp3) is 0.472. The van der Waals surface area contributed by atoms with Gasteiger partial charge in [-0.2, -0.15) is 5.10 Å². The molecule has 1 N–H and O–H groups in total. The van der Waals surface area contributed by atoms with E-state index in [0.717, 1.165) is 30.0 Å². The number of hydrogen-bond acceptors (Lipinski definition) is 4. The van der Waals surface area contributed by atoms with Crippen LogP contribution in [0.1, 0.15) is 126 Å². The number of rotatable bonds is 20. The number of carbonyl (C=O) groups is 2. The number of nitrogens with one attached hydrogen (secondary N) is 1. The number of carbonyl (C=O) groups excluding carboxylic acids is 2. The molecule has 0 bridgehead atoms. The van der Waals surface area contributed by atoms with Crippen LogP contribution in [0.25, 0.3) is 10.8 Å². The Bertz CT molecular complexity index is 1330. The first-order valence-corrected chi connectivity index (χ1v) is 16.8. The Kier molecular flexibility index (Phi) is 16.2. The summed E-state index contributed by atoms with van der Waals surface area (Å²) in [5.74, 6) is -0.420. The van der Waals surface area contributed by atoms with Crippen LogP contribution in [0.3, 0.4) is 0 Å². The molecule has 232 valence electrons. The number of nitrogens with zero attached hydrogens (tertiary/aromatic N) is 1. The van der Waals surface area contributed by atoms with Crippen molar-refractivity contribution in [3.8, 4) is 5.75 Å². The van der Waals surface area contributed by atoms with Crippen molar-refractivity contribution in [3.63, 3.8) is 0 Å². The van der Waals surface area contributed by atoms with Gasteiger partial charge in [-0.3, -0.25) is 4.79 Å². The molecule has 3 aromatic carbocycles. The standard InChI is InChI=1S/C36H46Cl2N2O3/c1-2-3-4-5-6-7-8-9-10-11-12-13-14-15-16-21-35(41)40-39-27-32-30-20-18-17-19-28(30)22-25-34(32)43-36(42)31-24-23-29(37)26-33(31)38/h17-20,22-27H,2-16,21H2,1H3,(H,40,41)/b39-27+. The molecule has 0 aliphatic rings. The van der Waals surface area contributed by atoms with Crippen molar-refractivity contribution in [2.45, 2.75) is 110 Å². The predicted molar refractivity (Wildman–Crippen MR) is 181 cm³/mol. The molecule has 0 aliphatic heterocycles. The summed E-state index contributed by atoms with van der Waals surface area (Å²) in [6, 6.07) is 15.9. The third-order valence-electron chi connectivity index (χ3n) is 7.67. The van der Waals surface area contributed by atoms with Crippen molar-refractivity contribution >= 4 is 52.1 Å². The summed E-state index contributed by atoms with van der Waals surface area (Å²) in [5, 5.41) is 6.63. The van der Waals surface area contributed by atoms with E-state index in [1.54, 1.807) is 12.1 Å². The molecule has 7 heteroatoms. The van der Waals surface area contributed by atoms with E-state index >= 15 is 0 Å². The number of unbranched alkanes of at least 4 members (excludes halogenated alkanes) is 14. The molecule has 0 aromatic heterocycles. The van der Waals surface area contributed by atoms with Crippen LogP contribution in [-0.2, 0) is 4.79 Å². The molecule has 43 heavy (non-hydrogen) atoms. The van der Waals surface area contributed by atoms with Crippen molar-refractivity contribution in [2.24, 2.45) is 5.10 Å². The topological polar surface area (TPSA) is 67.8 Å². The fourth-order valence-electron chi connectivity index (χ4n) is 5.19. The molecule has 0 fully saturated rings. The number of hydrogen-bond donors (Lipinski definition) is 1. The van der Waals surface area contributed by atoms with Gasteiger partial charge in [-0.15, -0.1) is 0 Å². The third-order valence-corrected chi connectivity index (χ3v) is 8.22. The first-order chi connectivity index (χ1) is 21.0. The number of hydrazone groups is 1. The molecule has 1 amide bonds. The van der Waals surface area contributed by atoms with Gasteiger partial charge < -0.3 is 4.74 Å². The van der Waals surface area contributed by atoms with Crippen molar-refractivity contribution < 1.29 is 14.3 Å². The maximum Gasteiger partial charge on any atom is 0.345 e. The van der Waals surface area contributed by atoms with Crippen LogP contribution >= 0.6 is 23.2 Å². The van der Waals surface area contributed by atoms with Crippen LogP contribution in [0.2, 0.25) is 10.0 Å². The van der Waals surface area contributed by atoms with Gasteiger partial charge in [0, 0.05) is 17.0 Å². The summed E-state index contributed by atoms with van der Waals surface area (Å²) in [4.78, 5) is 25.3. The predicted octanol–water partition coefficient (Wildman–Crippen LogP) is 11.1. The first kappa shape index (κ1) is 34.6.